The maximum Gasteiger partial charge on any atom is 0.123 e. The van der Waals surface area contributed by atoms with Crippen LogP contribution in [0, 0.1) is 18.7 Å². The Morgan fingerprint density at radius 3 is 1.63 bits per heavy atom. The van der Waals surface area contributed by atoms with Crippen molar-refractivity contribution in [1.29, 1.82) is 0 Å². The van der Waals surface area contributed by atoms with E-state index in [-0.39, 0.29) is 12.4 Å². The molecular weight excluding hydrogens is 768 g/mol. The molecule has 306 valence electrons. The van der Waals surface area contributed by atoms with Crippen LogP contribution in [0.25, 0.3) is 10.4 Å². The number of hydrogen-bond donors (Lipinski definition) is 1. The fourth-order valence-corrected chi connectivity index (χ4v) is 9.22. The molecule has 60 heavy (non-hydrogen) atoms. The van der Waals surface area contributed by atoms with Gasteiger partial charge in [-0.05, 0) is 75.7 Å². The minimum Gasteiger partial charge on any atom is -0.392 e. The monoisotopic (exact) mass is 818 g/mol. The van der Waals surface area contributed by atoms with Gasteiger partial charge in [0.05, 0.1) is 51.3 Å². The highest BCUT2D eigenvalue weighted by atomic mass is 32.1. The number of hydrogen-bond acceptors (Lipinski definition) is 6. The van der Waals surface area contributed by atoms with Crippen molar-refractivity contribution in [3.63, 3.8) is 0 Å². The van der Waals surface area contributed by atoms with Crippen molar-refractivity contribution in [1.82, 2.24) is 0 Å². The lowest BCUT2D eigenvalue weighted by Gasteiger charge is -2.49. The lowest BCUT2D eigenvalue weighted by atomic mass is 9.70. The zero-order valence-electron chi connectivity index (χ0n) is 33.8. The van der Waals surface area contributed by atoms with Crippen LogP contribution in [0.1, 0.15) is 49.7 Å². The highest BCUT2D eigenvalue weighted by molar-refractivity contribution is 7.15. The molecule has 0 bridgehead atoms. The number of aryl methyl sites for hydroxylation is 1. The Morgan fingerprint density at radius 2 is 1.07 bits per heavy atom. The lowest BCUT2D eigenvalue weighted by Crippen LogP contribution is -2.60. The zero-order chi connectivity index (χ0) is 41.1. The second-order valence-corrected chi connectivity index (χ2v) is 16.8. The molecule has 1 aliphatic carbocycles. The molecule has 1 fully saturated rings. The molecule has 0 spiro atoms. The molecule has 6 aromatic carbocycles. The van der Waals surface area contributed by atoms with Gasteiger partial charge in [-0.15, -0.1) is 11.3 Å². The minimum absolute atomic E-state index is 0.245. The number of aliphatic hydroxyl groups is 1. The predicted octanol–water partition coefficient (Wildman–Crippen LogP) is 11.5. The van der Waals surface area contributed by atoms with Crippen LogP contribution >= 0.6 is 11.3 Å². The number of rotatable bonds is 17. The number of benzene rings is 6. The largest absolute Gasteiger partial charge is 0.392 e. The van der Waals surface area contributed by atoms with Gasteiger partial charge in [0.25, 0.3) is 0 Å². The van der Waals surface area contributed by atoms with Gasteiger partial charge in [0, 0.05) is 28.0 Å². The summed E-state index contributed by atoms with van der Waals surface area (Å²) in [6.45, 7) is 3.80. The third kappa shape index (κ3) is 10.5. The molecule has 1 aromatic heterocycles. The van der Waals surface area contributed by atoms with Crippen LogP contribution in [0.15, 0.2) is 176 Å². The highest BCUT2D eigenvalue weighted by Gasteiger charge is 2.53. The molecule has 6 atom stereocenters. The zero-order valence-corrected chi connectivity index (χ0v) is 34.6. The van der Waals surface area contributed by atoms with Crippen LogP contribution in [0.5, 0.6) is 0 Å². The van der Waals surface area contributed by atoms with Crippen molar-refractivity contribution in [2.75, 3.05) is 6.61 Å². The van der Waals surface area contributed by atoms with Crippen LogP contribution in [-0.2, 0) is 51.8 Å². The van der Waals surface area contributed by atoms with Gasteiger partial charge < -0.3 is 24.1 Å². The molecule has 7 heteroatoms. The SMILES string of the molecule is Cc1ccc([C@@H]2[C@@H](O)[C@H](COCc3ccccc3)[C@@H](OCc3ccccc3)[C@H](OCc3ccccc3)[C@H]2OCc2ccccc2)cc1Cc1ccc(-c2ccc(F)cc2)s1. The fraction of sp³-hybridized carbons (Fsp3) is 0.245. The van der Waals surface area contributed by atoms with E-state index in [2.05, 4.69) is 73.7 Å². The average molecular weight is 819 g/mol. The van der Waals surface area contributed by atoms with E-state index in [1.165, 1.54) is 17.0 Å². The van der Waals surface area contributed by atoms with E-state index in [1.54, 1.807) is 11.3 Å². The first-order valence-corrected chi connectivity index (χ1v) is 21.5. The molecule has 1 heterocycles. The van der Waals surface area contributed by atoms with E-state index in [9.17, 15) is 9.50 Å². The predicted molar refractivity (Wildman–Crippen MR) is 237 cm³/mol. The van der Waals surface area contributed by atoms with E-state index < -0.39 is 36.3 Å². The van der Waals surface area contributed by atoms with Crippen molar-refractivity contribution in [2.45, 2.75) is 70.1 Å². The topological polar surface area (TPSA) is 57.2 Å². The van der Waals surface area contributed by atoms with Crippen LogP contribution in [-0.4, -0.2) is 36.1 Å². The second-order valence-electron chi connectivity index (χ2n) is 15.6. The van der Waals surface area contributed by atoms with Crippen molar-refractivity contribution in [3.8, 4) is 10.4 Å². The second kappa shape index (κ2) is 20.3. The van der Waals surface area contributed by atoms with Crippen LogP contribution in [0.4, 0.5) is 4.39 Å². The van der Waals surface area contributed by atoms with Gasteiger partial charge in [-0.3, -0.25) is 0 Å². The summed E-state index contributed by atoms with van der Waals surface area (Å²) >= 11 is 1.71. The fourth-order valence-electron chi connectivity index (χ4n) is 8.18. The van der Waals surface area contributed by atoms with Gasteiger partial charge >= 0.3 is 0 Å². The van der Waals surface area contributed by atoms with Gasteiger partial charge in [0.15, 0.2) is 0 Å². The van der Waals surface area contributed by atoms with Crippen molar-refractivity contribution < 1.29 is 28.4 Å². The van der Waals surface area contributed by atoms with Crippen molar-refractivity contribution in [3.05, 3.63) is 226 Å². The standard InChI is InChI=1S/C53H51FO5S/c1-37-22-23-43(30-44(37)31-46-28-29-48(60-46)42-24-26-45(54)27-25-42)49-50(55)47(36-56-32-38-14-6-2-7-15-38)51(57-33-39-16-8-3-9-17-39)53(59-35-41-20-12-5-13-21-41)52(49)58-34-40-18-10-4-11-19-40/h2-30,47,49-53,55H,31-36H2,1H3/t47-,49+,50-,51+,52-,53-/m0/s1. The smallest absolute Gasteiger partial charge is 0.123 e. The maximum atomic E-state index is 13.7. The summed E-state index contributed by atoms with van der Waals surface area (Å²) in [5.74, 6) is -1.18. The summed E-state index contributed by atoms with van der Waals surface area (Å²) in [5.41, 5.74) is 8.44. The average Bonchev–Trinajstić information content (AvgIpc) is 3.76. The van der Waals surface area contributed by atoms with Gasteiger partial charge in [-0.25, -0.2) is 4.39 Å². The molecule has 1 aliphatic rings. The molecule has 0 aliphatic heterocycles. The molecule has 8 rings (SSSR count). The number of aliphatic hydroxyl groups excluding tert-OH is 1. The van der Waals surface area contributed by atoms with Gasteiger partial charge in [-0.1, -0.05) is 152 Å². The molecule has 0 unspecified atom stereocenters. The highest BCUT2D eigenvalue weighted by Crippen LogP contribution is 2.44. The summed E-state index contributed by atoms with van der Waals surface area (Å²) in [6.07, 6.45) is -1.92. The first-order valence-electron chi connectivity index (χ1n) is 20.7. The molecule has 0 saturated heterocycles. The van der Waals surface area contributed by atoms with Crippen LogP contribution in [0.2, 0.25) is 0 Å². The van der Waals surface area contributed by atoms with E-state index in [0.29, 0.717) is 32.8 Å². The summed E-state index contributed by atoms with van der Waals surface area (Å²) in [6, 6.07) is 58.0. The number of ether oxygens (including phenoxy) is 4. The van der Waals surface area contributed by atoms with E-state index >= 15 is 0 Å². The minimum atomic E-state index is -0.902. The van der Waals surface area contributed by atoms with Crippen molar-refractivity contribution >= 4 is 11.3 Å². The lowest BCUT2D eigenvalue weighted by molar-refractivity contribution is -0.228. The Labute approximate surface area is 357 Å². The number of thiophene rings is 1. The Hall–Kier alpha value is -5.25. The Kier molecular flexibility index (Phi) is 14.1. The molecule has 0 amide bonds. The van der Waals surface area contributed by atoms with Crippen LogP contribution < -0.4 is 0 Å². The van der Waals surface area contributed by atoms with E-state index in [1.807, 2.05) is 97.1 Å². The third-order valence-corrected chi connectivity index (χ3v) is 12.6. The summed E-state index contributed by atoms with van der Waals surface area (Å²) < 4.78 is 41.2. The number of halogens is 1. The van der Waals surface area contributed by atoms with E-state index in [4.69, 9.17) is 18.9 Å². The first-order chi connectivity index (χ1) is 29.5. The molecule has 0 radical (unpaired) electrons. The molecule has 1 saturated carbocycles. The molecular formula is C53H51FO5S. The molecule has 7 aromatic rings. The summed E-state index contributed by atoms with van der Waals surface area (Å²) in [4.78, 5) is 2.29. The summed E-state index contributed by atoms with van der Waals surface area (Å²) in [5, 5.41) is 12.9. The summed E-state index contributed by atoms with van der Waals surface area (Å²) in [7, 11) is 0. The maximum absolute atomic E-state index is 13.7. The van der Waals surface area contributed by atoms with Crippen molar-refractivity contribution in [2.24, 2.45) is 5.92 Å². The molecule has 5 nitrogen and oxygen atoms in total. The van der Waals surface area contributed by atoms with Gasteiger partial charge in [-0.2, -0.15) is 0 Å². The van der Waals surface area contributed by atoms with Gasteiger partial charge in [0.2, 0.25) is 0 Å². The van der Waals surface area contributed by atoms with Crippen LogP contribution in [0.3, 0.4) is 0 Å². The Bertz CT molecular complexity index is 2350. The van der Waals surface area contributed by atoms with E-state index in [0.717, 1.165) is 49.4 Å². The molecule has 1 N–H and O–H groups in total. The Balaban J connectivity index is 1.17. The first kappa shape index (κ1) is 41.5. The Morgan fingerprint density at radius 1 is 0.550 bits per heavy atom. The van der Waals surface area contributed by atoms with Gasteiger partial charge in [0.1, 0.15) is 11.9 Å². The quantitative estimate of drug-likeness (QED) is 0.0992. The normalized spacial score (nSPS) is 20.2. The third-order valence-electron chi connectivity index (χ3n) is 11.4.